The van der Waals surface area contributed by atoms with Crippen molar-refractivity contribution in [2.75, 3.05) is 0 Å². The van der Waals surface area contributed by atoms with Gasteiger partial charge in [-0.3, -0.25) is 9.78 Å². The lowest BCUT2D eigenvalue weighted by molar-refractivity contribution is 0.0954. The van der Waals surface area contributed by atoms with Gasteiger partial charge in [0, 0.05) is 18.0 Å². The Kier molecular flexibility index (Phi) is 4.66. The molecule has 1 aliphatic rings. The van der Waals surface area contributed by atoms with Crippen LogP contribution < -0.4 is 5.43 Å². The number of aromatic nitrogens is 1. The van der Waals surface area contributed by atoms with Crippen molar-refractivity contribution < 1.29 is 4.79 Å². The fraction of sp³-hybridized carbons (Fsp3) is 0.438. The minimum Gasteiger partial charge on any atom is -0.267 e. The smallest absolute Gasteiger partial charge is 0.267 e. The molecule has 0 saturated heterocycles. The fourth-order valence-corrected chi connectivity index (χ4v) is 2.43. The average Bonchev–Trinajstić information content (AvgIpc) is 2.45. The summed E-state index contributed by atoms with van der Waals surface area (Å²) in [5.41, 5.74) is 6.83. The van der Waals surface area contributed by atoms with Gasteiger partial charge in [-0.15, -0.1) is 0 Å². The normalized spacial score (nSPS) is 20.9. The summed E-state index contributed by atoms with van der Waals surface area (Å²) in [6, 6.07) is 3.36. The summed E-state index contributed by atoms with van der Waals surface area (Å²) in [5.74, 6) is 0.431. The first-order valence-corrected chi connectivity index (χ1v) is 7.01. The van der Waals surface area contributed by atoms with Crippen LogP contribution in [0.5, 0.6) is 0 Å². The van der Waals surface area contributed by atoms with Gasteiger partial charge in [0.15, 0.2) is 0 Å². The standard InChI is InChI=1S/C16H21N3O/c1-11(2)14-5-4-12(3)10-15(14)18-19-16(20)13-6-8-17-9-7-13/h6-9,12H,4-5,10H2,1-3H3,(H,19,20). The van der Waals surface area contributed by atoms with E-state index in [4.69, 9.17) is 0 Å². The first kappa shape index (κ1) is 14.4. The lowest BCUT2D eigenvalue weighted by Gasteiger charge is -2.23. The molecule has 4 heteroatoms. The molecule has 0 bridgehead atoms. The van der Waals surface area contributed by atoms with Crippen LogP contribution in [0.2, 0.25) is 0 Å². The molecule has 1 amide bonds. The van der Waals surface area contributed by atoms with E-state index in [0.29, 0.717) is 11.5 Å². The number of nitrogens with one attached hydrogen (secondary N) is 1. The maximum absolute atomic E-state index is 12.0. The van der Waals surface area contributed by atoms with Gasteiger partial charge >= 0.3 is 0 Å². The van der Waals surface area contributed by atoms with Crippen LogP contribution in [0.4, 0.5) is 0 Å². The summed E-state index contributed by atoms with van der Waals surface area (Å²) in [4.78, 5) is 15.9. The number of pyridine rings is 1. The van der Waals surface area contributed by atoms with Crippen LogP contribution in [-0.2, 0) is 0 Å². The Morgan fingerprint density at radius 1 is 1.35 bits per heavy atom. The zero-order valence-corrected chi connectivity index (χ0v) is 12.3. The second-order valence-electron chi connectivity index (χ2n) is 5.56. The monoisotopic (exact) mass is 271 g/mol. The molecule has 1 aromatic rings. The van der Waals surface area contributed by atoms with Gasteiger partial charge in [-0.1, -0.05) is 12.5 Å². The Balaban J connectivity index is 2.13. The topological polar surface area (TPSA) is 54.4 Å². The van der Waals surface area contributed by atoms with E-state index in [0.717, 1.165) is 18.6 Å². The maximum atomic E-state index is 12.0. The highest BCUT2D eigenvalue weighted by Gasteiger charge is 2.20. The Bertz CT molecular complexity index is 542. The number of carbonyl (C=O) groups is 1. The quantitative estimate of drug-likeness (QED) is 0.839. The van der Waals surface area contributed by atoms with Gasteiger partial charge in [0.05, 0.1) is 5.71 Å². The van der Waals surface area contributed by atoms with Crippen LogP contribution >= 0.6 is 0 Å². The number of rotatable bonds is 2. The van der Waals surface area contributed by atoms with E-state index in [1.807, 2.05) is 0 Å². The number of amides is 1. The van der Waals surface area contributed by atoms with E-state index in [9.17, 15) is 4.79 Å². The molecule has 1 unspecified atom stereocenters. The molecule has 106 valence electrons. The van der Waals surface area contributed by atoms with Crippen LogP contribution in [0.1, 0.15) is 50.4 Å². The second-order valence-corrected chi connectivity index (χ2v) is 5.56. The van der Waals surface area contributed by atoms with Gasteiger partial charge in [0.2, 0.25) is 0 Å². The summed E-state index contributed by atoms with van der Waals surface area (Å²) < 4.78 is 0. The number of allylic oxidation sites excluding steroid dienone is 2. The molecule has 1 aromatic heterocycles. The second kappa shape index (κ2) is 6.46. The largest absolute Gasteiger partial charge is 0.271 e. The zero-order chi connectivity index (χ0) is 14.5. The van der Waals surface area contributed by atoms with E-state index < -0.39 is 0 Å². The number of hydrazone groups is 1. The van der Waals surface area contributed by atoms with Crippen LogP contribution in [-0.4, -0.2) is 16.6 Å². The van der Waals surface area contributed by atoms with E-state index in [-0.39, 0.29) is 5.91 Å². The molecule has 1 N–H and O–H groups in total. The van der Waals surface area contributed by atoms with Crippen molar-refractivity contribution in [2.45, 2.75) is 40.0 Å². The lowest BCUT2D eigenvalue weighted by atomic mass is 9.83. The Hall–Kier alpha value is -1.97. The van der Waals surface area contributed by atoms with Gasteiger partial charge in [0.1, 0.15) is 0 Å². The lowest BCUT2D eigenvalue weighted by Crippen LogP contribution is -2.24. The van der Waals surface area contributed by atoms with E-state index in [2.05, 4.69) is 36.3 Å². The Labute approximate surface area is 120 Å². The minimum absolute atomic E-state index is 0.189. The first-order valence-electron chi connectivity index (χ1n) is 7.01. The summed E-state index contributed by atoms with van der Waals surface area (Å²) in [6.07, 6.45) is 6.38. The zero-order valence-electron chi connectivity index (χ0n) is 12.3. The van der Waals surface area contributed by atoms with Crippen LogP contribution in [0.25, 0.3) is 0 Å². The fourth-order valence-electron chi connectivity index (χ4n) is 2.43. The third kappa shape index (κ3) is 3.53. The summed E-state index contributed by atoms with van der Waals surface area (Å²) in [5, 5.41) is 4.35. The van der Waals surface area contributed by atoms with Gasteiger partial charge in [-0.05, 0) is 56.7 Å². The molecular weight excluding hydrogens is 250 g/mol. The average molecular weight is 271 g/mol. The molecular formula is C16H21N3O. The molecule has 1 fully saturated rings. The van der Waals surface area contributed by atoms with Crippen molar-refractivity contribution in [3.63, 3.8) is 0 Å². The number of carbonyl (C=O) groups excluding carboxylic acids is 1. The molecule has 0 aromatic carbocycles. The Morgan fingerprint density at radius 3 is 2.70 bits per heavy atom. The highest BCUT2D eigenvalue weighted by molar-refractivity contribution is 6.03. The molecule has 2 rings (SSSR count). The van der Waals surface area contributed by atoms with Gasteiger partial charge < -0.3 is 0 Å². The Morgan fingerprint density at radius 2 is 2.05 bits per heavy atom. The molecule has 0 spiro atoms. The van der Waals surface area contributed by atoms with Crippen molar-refractivity contribution in [3.05, 3.63) is 41.2 Å². The number of hydrogen-bond acceptors (Lipinski definition) is 3. The van der Waals surface area contributed by atoms with E-state index in [1.54, 1.807) is 24.5 Å². The SMILES string of the molecule is CC(C)=C1CCC(C)CC1=NNC(=O)c1ccncc1. The van der Waals surface area contributed by atoms with Gasteiger partial charge in [0.25, 0.3) is 5.91 Å². The van der Waals surface area contributed by atoms with E-state index >= 15 is 0 Å². The van der Waals surface area contributed by atoms with Crippen molar-refractivity contribution in [1.29, 1.82) is 0 Å². The minimum atomic E-state index is -0.189. The van der Waals surface area contributed by atoms with Crippen molar-refractivity contribution >= 4 is 11.6 Å². The molecule has 1 saturated carbocycles. The molecule has 0 aliphatic heterocycles. The van der Waals surface area contributed by atoms with Gasteiger partial charge in [-0.25, -0.2) is 5.43 Å². The first-order chi connectivity index (χ1) is 9.58. The molecule has 0 radical (unpaired) electrons. The number of hydrogen-bond donors (Lipinski definition) is 1. The third-order valence-corrected chi connectivity index (χ3v) is 3.62. The van der Waals surface area contributed by atoms with Crippen LogP contribution in [0.3, 0.4) is 0 Å². The summed E-state index contributed by atoms with van der Waals surface area (Å²) in [6.45, 7) is 6.43. The highest BCUT2D eigenvalue weighted by atomic mass is 16.2. The summed E-state index contributed by atoms with van der Waals surface area (Å²) >= 11 is 0. The van der Waals surface area contributed by atoms with Crippen molar-refractivity contribution in [3.8, 4) is 0 Å². The molecule has 1 aliphatic carbocycles. The van der Waals surface area contributed by atoms with Crippen LogP contribution in [0.15, 0.2) is 40.8 Å². The molecule has 20 heavy (non-hydrogen) atoms. The highest BCUT2D eigenvalue weighted by Crippen LogP contribution is 2.27. The van der Waals surface area contributed by atoms with E-state index in [1.165, 1.54) is 17.6 Å². The van der Waals surface area contributed by atoms with Crippen molar-refractivity contribution in [1.82, 2.24) is 10.4 Å². The van der Waals surface area contributed by atoms with Gasteiger partial charge in [-0.2, -0.15) is 5.10 Å². The summed E-state index contributed by atoms with van der Waals surface area (Å²) in [7, 11) is 0. The third-order valence-electron chi connectivity index (χ3n) is 3.62. The maximum Gasteiger partial charge on any atom is 0.271 e. The van der Waals surface area contributed by atoms with Crippen molar-refractivity contribution in [2.24, 2.45) is 11.0 Å². The molecule has 1 atom stereocenters. The number of nitrogens with zero attached hydrogens (tertiary/aromatic N) is 2. The van der Waals surface area contributed by atoms with Crippen LogP contribution in [0, 0.1) is 5.92 Å². The molecule has 1 heterocycles. The predicted molar refractivity (Wildman–Crippen MR) is 80.5 cm³/mol. The molecule has 4 nitrogen and oxygen atoms in total. The predicted octanol–water partition coefficient (Wildman–Crippen LogP) is 3.32.